The average Bonchev–Trinajstić information content (AvgIpc) is 2.87. The van der Waals surface area contributed by atoms with Crippen molar-refractivity contribution in [3.63, 3.8) is 0 Å². The Kier molecular flexibility index (Phi) is 4.93. The molecule has 100 valence electrons. The van der Waals surface area contributed by atoms with Gasteiger partial charge in [0.05, 0.1) is 17.9 Å². The van der Waals surface area contributed by atoms with Crippen molar-refractivity contribution in [3.05, 3.63) is 30.4 Å². The summed E-state index contributed by atoms with van der Waals surface area (Å²) in [4.78, 5) is 4.18. The first-order valence-corrected chi connectivity index (χ1v) is 6.81. The lowest BCUT2D eigenvalue weighted by Crippen LogP contribution is -2.22. The first kappa shape index (κ1) is 13.6. The molecule has 0 saturated heterocycles. The van der Waals surface area contributed by atoms with Crippen LogP contribution >= 0.6 is 0 Å². The molecule has 2 aromatic rings. The van der Waals surface area contributed by atoms with Crippen LogP contribution in [0.5, 0.6) is 0 Å². The highest BCUT2D eigenvalue weighted by molar-refractivity contribution is 5.53. The van der Waals surface area contributed by atoms with Crippen LogP contribution in [0.25, 0.3) is 5.52 Å². The number of unbranched alkanes of at least 4 members (excludes halogenated alkanes) is 1. The van der Waals surface area contributed by atoms with Gasteiger partial charge in [-0.3, -0.25) is 4.98 Å². The molecule has 19 heavy (non-hydrogen) atoms. The summed E-state index contributed by atoms with van der Waals surface area (Å²) in [5, 5.41) is 7.95. The number of nitrogens with one attached hydrogen (secondary N) is 1. The maximum absolute atomic E-state index is 5.33. The van der Waals surface area contributed by atoms with Crippen molar-refractivity contribution < 1.29 is 0 Å². The Morgan fingerprint density at radius 1 is 1.47 bits per heavy atom. The largest absolute Gasteiger partial charge is 0.310 e. The van der Waals surface area contributed by atoms with Gasteiger partial charge >= 0.3 is 0 Å². The lowest BCUT2D eigenvalue weighted by Gasteiger charge is -2.17. The molecule has 0 aromatic carbocycles. The van der Waals surface area contributed by atoms with E-state index in [2.05, 4.69) is 28.2 Å². The zero-order chi connectivity index (χ0) is 13.5. The zero-order valence-electron chi connectivity index (χ0n) is 11.3. The second-order valence-electron chi connectivity index (χ2n) is 4.61. The minimum absolute atomic E-state index is 0.301. The van der Waals surface area contributed by atoms with Gasteiger partial charge in [-0.25, -0.2) is 4.52 Å². The van der Waals surface area contributed by atoms with Crippen LogP contribution in [0.15, 0.2) is 24.8 Å². The maximum Gasteiger partial charge on any atom is 0.0892 e. The molecule has 1 N–H and O–H groups in total. The standard InChI is InChI=1S/C15H20N4/c1-3-5-6-7-14(17-8-4-2)13-11-18-19-10-9-16-12-15(13)19/h1,9-12,14,17H,4-8H2,2H3. The number of rotatable bonds is 7. The fourth-order valence-electron chi connectivity index (χ4n) is 2.22. The van der Waals surface area contributed by atoms with Crippen molar-refractivity contribution in [2.45, 2.75) is 38.6 Å². The topological polar surface area (TPSA) is 42.2 Å². The molecule has 0 amide bonds. The molecule has 4 nitrogen and oxygen atoms in total. The molecule has 0 bridgehead atoms. The zero-order valence-corrected chi connectivity index (χ0v) is 11.3. The molecular formula is C15H20N4. The molecule has 2 rings (SSSR count). The summed E-state index contributed by atoms with van der Waals surface area (Å²) in [5.41, 5.74) is 2.27. The van der Waals surface area contributed by atoms with Crippen molar-refractivity contribution >= 4 is 5.52 Å². The average molecular weight is 256 g/mol. The third-order valence-electron chi connectivity index (χ3n) is 3.18. The third kappa shape index (κ3) is 3.33. The van der Waals surface area contributed by atoms with Crippen LogP contribution in [0.2, 0.25) is 0 Å². The summed E-state index contributed by atoms with van der Waals surface area (Å²) in [5.74, 6) is 2.70. The number of hydrogen-bond donors (Lipinski definition) is 1. The molecule has 4 heteroatoms. The second-order valence-corrected chi connectivity index (χ2v) is 4.61. The van der Waals surface area contributed by atoms with Crippen LogP contribution in [-0.2, 0) is 0 Å². The van der Waals surface area contributed by atoms with Gasteiger partial charge in [-0.1, -0.05) is 6.92 Å². The summed E-state index contributed by atoms with van der Waals surface area (Å²) in [6.45, 7) is 3.17. The fraction of sp³-hybridized carbons (Fsp3) is 0.467. The molecule has 0 saturated carbocycles. The van der Waals surface area contributed by atoms with Gasteiger partial charge in [0.2, 0.25) is 0 Å². The minimum Gasteiger partial charge on any atom is -0.310 e. The lowest BCUT2D eigenvalue weighted by molar-refractivity contribution is 0.490. The predicted molar refractivity (Wildman–Crippen MR) is 76.7 cm³/mol. The number of fused-ring (bicyclic) bond motifs is 1. The Hall–Kier alpha value is -1.86. The van der Waals surface area contributed by atoms with E-state index in [0.717, 1.165) is 37.7 Å². The number of nitrogens with zero attached hydrogens (tertiary/aromatic N) is 3. The lowest BCUT2D eigenvalue weighted by atomic mass is 10.0. The van der Waals surface area contributed by atoms with Crippen molar-refractivity contribution in [2.75, 3.05) is 6.54 Å². The van der Waals surface area contributed by atoms with Gasteiger partial charge in [-0.2, -0.15) is 5.10 Å². The van der Waals surface area contributed by atoms with E-state index < -0.39 is 0 Å². The molecule has 0 spiro atoms. The van der Waals surface area contributed by atoms with Crippen LogP contribution in [0.1, 0.15) is 44.2 Å². The normalized spacial score (nSPS) is 12.4. The van der Waals surface area contributed by atoms with E-state index >= 15 is 0 Å². The van der Waals surface area contributed by atoms with Gasteiger partial charge in [0, 0.05) is 30.4 Å². The smallest absolute Gasteiger partial charge is 0.0892 e. The molecule has 0 radical (unpaired) electrons. The molecular weight excluding hydrogens is 236 g/mol. The summed E-state index contributed by atoms with van der Waals surface area (Å²) < 4.78 is 1.87. The second kappa shape index (κ2) is 6.91. The summed E-state index contributed by atoms with van der Waals surface area (Å²) in [7, 11) is 0. The molecule has 0 aliphatic heterocycles. The van der Waals surface area contributed by atoms with E-state index in [1.54, 1.807) is 6.20 Å². The van der Waals surface area contributed by atoms with E-state index in [1.807, 2.05) is 23.1 Å². The number of hydrogen-bond acceptors (Lipinski definition) is 3. The molecule has 2 aromatic heterocycles. The highest BCUT2D eigenvalue weighted by Crippen LogP contribution is 2.23. The molecule has 2 heterocycles. The molecule has 0 aliphatic carbocycles. The Balaban J connectivity index is 2.18. The van der Waals surface area contributed by atoms with Gasteiger partial charge in [0.25, 0.3) is 0 Å². The number of aromatic nitrogens is 3. The van der Waals surface area contributed by atoms with Crippen molar-refractivity contribution in [1.29, 1.82) is 0 Å². The Labute approximate surface area is 114 Å². The van der Waals surface area contributed by atoms with Gasteiger partial charge < -0.3 is 5.32 Å². The van der Waals surface area contributed by atoms with Gasteiger partial charge in [-0.15, -0.1) is 12.3 Å². The Bertz CT molecular complexity index is 553. The molecule has 1 atom stereocenters. The van der Waals surface area contributed by atoms with Crippen LogP contribution in [0, 0.1) is 12.3 Å². The van der Waals surface area contributed by atoms with Crippen molar-refractivity contribution in [2.24, 2.45) is 0 Å². The summed E-state index contributed by atoms with van der Waals surface area (Å²) in [6, 6.07) is 0.301. The summed E-state index contributed by atoms with van der Waals surface area (Å²) >= 11 is 0. The first-order chi connectivity index (χ1) is 9.36. The number of terminal acetylenes is 1. The van der Waals surface area contributed by atoms with Crippen LogP contribution in [-0.4, -0.2) is 21.1 Å². The summed E-state index contributed by atoms with van der Waals surface area (Å²) in [6.07, 6.45) is 16.7. The Morgan fingerprint density at radius 3 is 3.16 bits per heavy atom. The van der Waals surface area contributed by atoms with Gasteiger partial charge in [-0.05, 0) is 25.8 Å². The van der Waals surface area contributed by atoms with Crippen LogP contribution < -0.4 is 5.32 Å². The first-order valence-electron chi connectivity index (χ1n) is 6.81. The van der Waals surface area contributed by atoms with Gasteiger partial charge in [0.1, 0.15) is 0 Å². The Morgan fingerprint density at radius 2 is 2.37 bits per heavy atom. The third-order valence-corrected chi connectivity index (χ3v) is 3.18. The quantitative estimate of drug-likeness (QED) is 0.611. The van der Waals surface area contributed by atoms with E-state index in [-0.39, 0.29) is 0 Å². The van der Waals surface area contributed by atoms with Gasteiger partial charge in [0.15, 0.2) is 0 Å². The van der Waals surface area contributed by atoms with E-state index in [9.17, 15) is 0 Å². The maximum atomic E-state index is 5.33. The highest BCUT2D eigenvalue weighted by Gasteiger charge is 2.15. The monoisotopic (exact) mass is 256 g/mol. The highest BCUT2D eigenvalue weighted by atomic mass is 15.2. The van der Waals surface area contributed by atoms with Crippen LogP contribution in [0.3, 0.4) is 0 Å². The molecule has 1 unspecified atom stereocenters. The van der Waals surface area contributed by atoms with E-state index in [0.29, 0.717) is 6.04 Å². The van der Waals surface area contributed by atoms with Crippen molar-refractivity contribution in [3.8, 4) is 12.3 Å². The van der Waals surface area contributed by atoms with Crippen LogP contribution in [0.4, 0.5) is 0 Å². The molecule has 0 aliphatic rings. The fourth-order valence-corrected chi connectivity index (χ4v) is 2.22. The molecule has 0 fully saturated rings. The predicted octanol–water partition coefficient (Wildman–Crippen LogP) is 2.57. The van der Waals surface area contributed by atoms with E-state index in [1.165, 1.54) is 5.56 Å². The SMILES string of the molecule is C#CCCCC(NCCC)c1cnn2ccncc12. The van der Waals surface area contributed by atoms with E-state index in [4.69, 9.17) is 6.42 Å². The van der Waals surface area contributed by atoms with Crippen molar-refractivity contribution in [1.82, 2.24) is 19.9 Å². The minimum atomic E-state index is 0.301.